The van der Waals surface area contributed by atoms with Crippen molar-refractivity contribution < 1.29 is 15.0 Å². The van der Waals surface area contributed by atoms with Crippen LogP contribution in [0.25, 0.3) is 0 Å². The highest BCUT2D eigenvalue weighted by molar-refractivity contribution is 9.10. The van der Waals surface area contributed by atoms with Gasteiger partial charge in [-0.1, -0.05) is 11.6 Å². The van der Waals surface area contributed by atoms with Gasteiger partial charge in [-0.25, -0.2) is 4.98 Å². The van der Waals surface area contributed by atoms with Crippen LogP contribution in [0.3, 0.4) is 0 Å². The van der Waals surface area contributed by atoms with Crippen molar-refractivity contribution in [3.8, 4) is 0 Å². The largest absolute Gasteiger partial charge is 0.390 e. The first-order valence-corrected chi connectivity index (χ1v) is 6.50. The molecule has 1 amide bonds. The van der Waals surface area contributed by atoms with Gasteiger partial charge in [0.25, 0.3) is 0 Å². The lowest BCUT2D eigenvalue weighted by Gasteiger charge is -2.19. The highest BCUT2D eigenvalue weighted by Gasteiger charge is 2.21. The van der Waals surface area contributed by atoms with Crippen LogP contribution in [0, 0.1) is 0 Å². The normalized spacial score (nSPS) is 14.1. The van der Waals surface area contributed by atoms with Gasteiger partial charge in [-0.15, -0.1) is 0 Å². The molecule has 0 aliphatic carbocycles. The van der Waals surface area contributed by atoms with Crippen molar-refractivity contribution in [1.82, 2.24) is 10.3 Å². The molecule has 1 rings (SSSR count). The second-order valence-electron chi connectivity index (χ2n) is 3.81. The summed E-state index contributed by atoms with van der Waals surface area (Å²) in [5, 5.41) is 22.6. The van der Waals surface area contributed by atoms with E-state index in [9.17, 15) is 15.0 Å². The number of rotatable bonds is 5. The molecule has 1 aromatic rings. The Labute approximate surface area is 118 Å². The number of hydrogen-bond donors (Lipinski definition) is 3. The van der Waals surface area contributed by atoms with Crippen LogP contribution >= 0.6 is 27.5 Å². The minimum absolute atomic E-state index is 0.176. The van der Waals surface area contributed by atoms with Crippen molar-refractivity contribution in [2.45, 2.75) is 25.6 Å². The van der Waals surface area contributed by atoms with Crippen LogP contribution in [0.1, 0.15) is 25.0 Å². The number of amides is 1. The minimum Gasteiger partial charge on any atom is -0.390 e. The Morgan fingerprint density at radius 1 is 1.61 bits per heavy atom. The number of aliphatic hydroxyl groups excluding tert-OH is 2. The lowest BCUT2D eigenvalue weighted by atomic mass is 10.0. The Bertz CT molecular complexity index is 431. The fourth-order valence-electron chi connectivity index (χ4n) is 1.42. The zero-order valence-electron chi connectivity index (χ0n) is 9.73. The zero-order chi connectivity index (χ0) is 13.7. The molecule has 2 atom stereocenters. The molecule has 0 bridgehead atoms. The molecule has 0 aromatic carbocycles. The van der Waals surface area contributed by atoms with Crippen molar-refractivity contribution in [2.75, 3.05) is 6.54 Å². The molecule has 5 nitrogen and oxygen atoms in total. The van der Waals surface area contributed by atoms with Crippen LogP contribution in [-0.2, 0) is 4.79 Å². The van der Waals surface area contributed by atoms with Gasteiger partial charge in [0, 0.05) is 29.7 Å². The molecule has 18 heavy (non-hydrogen) atoms. The number of carbonyl (C=O) groups excluding carboxylic acids is 1. The monoisotopic (exact) mass is 336 g/mol. The minimum atomic E-state index is -1.09. The molecular formula is C11H14BrClN2O3. The van der Waals surface area contributed by atoms with Crippen LogP contribution in [0.15, 0.2) is 16.7 Å². The predicted octanol–water partition coefficient (Wildman–Crippen LogP) is 1.42. The third-order valence-corrected chi connectivity index (χ3v) is 3.22. The van der Waals surface area contributed by atoms with Crippen molar-refractivity contribution in [1.29, 1.82) is 0 Å². The third-order valence-electron chi connectivity index (χ3n) is 2.35. The Balaban J connectivity index is 2.64. The van der Waals surface area contributed by atoms with E-state index in [0.717, 1.165) is 0 Å². The maximum Gasteiger partial charge on any atom is 0.216 e. The summed E-state index contributed by atoms with van der Waals surface area (Å²) in [6, 6.07) is 1.48. The smallest absolute Gasteiger partial charge is 0.216 e. The average Bonchev–Trinajstić information content (AvgIpc) is 2.30. The summed E-state index contributed by atoms with van der Waals surface area (Å²) >= 11 is 8.96. The number of aromatic nitrogens is 1. The van der Waals surface area contributed by atoms with E-state index in [4.69, 9.17) is 11.6 Å². The van der Waals surface area contributed by atoms with E-state index < -0.39 is 12.2 Å². The average molecular weight is 338 g/mol. The molecule has 1 aromatic heterocycles. The van der Waals surface area contributed by atoms with Crippen LogP contribution in [0.4, 0.5) is 0 Å². The van der Waals surface area contributed by atoms with Crippen molar-refractivity contribution in [3.05, 3.63) is 27.5 Å². The Kier molecular flexibility index (Phi) is 6.01. The molecular weight excluding hydrogens is 323 g/mol. The lowest BCUT2D eigenvalue weighted by Crippen LogP contribution is -2.27. The fourth-order valence-corrected chi connectivity index (χ4v) is 2.03. The third kappa shape index (κ3) is 4.53. The SMILES string of the molecule is CC(=O)NCCC(O)C(O)c1cc(Cl)ncc1Br. The summed E-state index contributed by atoms with van der Waals surface area (Å²) in [6.07, 6.45) is -0.380. The Hall–Kier alpha value is -0.690. The molecule has 0 aliphatic rings. The molecule has 0 aliphatic heterocycles. The highest BCUT2D eigenvalue weighted by atomic mass is 79.9. The van der Waals surface area contributed by atoms with Crippen molar-refractivity contribution in [2.24, 2.45) is 0 Å². The maximum atomic E-state index is 10.7. The topological polar surface area (TPSA) is 82.5 Å². The standard InChI is InChI=1S/C11H14BrClN2O3/c1-6(16)14-3-2-9(17)11(18)7-4-10(13)15-5-8(7)12/h4-5,9,11,17-18H,2-3H2,1H3,(H,14,16). The van der Waals surface area contributed by atoms with Crippen molar-refractivity contribution >= 4 is 33.4 Å². The van der Waals surface area contributed by atoms with Gasteiger partial charge in [0.2, 0.25) is 5.91 Å². The van der Waals surface area contributed by atoms with Gasteiger partial charge in [-0.05, 0) is 28.4 Å². The van der Waals surface area contributed by atoms with Crippen molar-refractivity contribution in [3.63, 3.8) is 0 Å². The summed E-state index contributed by atoms with van der Waals surface area (Å²) in [6.45, 7) is 1.69. The van der Waals surface area contributed by atoms with Gasteiger partial charge >= 0.3 is 0 Å². The Morgan fingerprint density at radius 2 is 2.28 bits per heavy atom. The number of pyridine rings is 1. The molecule has 0 fully saturated rings. The quantitative estimate of drug-likeness (QED) is 0.710. The van der Waals surface area contributed by atoms with E-state index in [1.54, 1.807) is 0 Å². The van der Waals surface area contributed by atoms with E-state index in [2.05, 4.69) is 26.2 Å². The first-order valence-electron chi connectivity index (χ1n) is 5.33. The van der Waals surface area contributed by atoms with Crippen LogP contribution in [0.2, 0.25) is 5.15 Å². The second-order valence-corrected chi connectivity index (χ2v) is 5.05. The molecule has 100 valence electrons. The second kappa shape index (κ2) is 7.04. The van der Waals surface area contributed by atoms with Crippen LogP contribution in [0.5, 0.6) is 0 Å². The van der Waals surface area contributed by atoms with E-state index in [1.165, 1.54) is 19.2 Å². The maximum absolute atomic E-state index is 10.7. The summed E-state index contributed by atoms with van der Waals surface area (Å²) in [5.41, 5.74) is 0.463. The van der Waals surface area contributed by atoms with Gasteiger partial charge in [0.1, 0.15) is 11.3 Å². The molecule has 7 heteroatoms. The predicted molar refractivity (Wildman–Crippen MR) is 71.2 cm³/mol. The van der Waals surface area contributed by atoms with Crippen LogP contribution in [-0.4, -0.2) is 33.8 Å². The first kappa shape index (κ1) is 15.4. The zero-order valence-corrected chi connectivity index (χ0v) is 12.1. The number of hydrogen-bond acceptors (Lipinski definition) is 4. The van der Waals surface area contributed by atoms with Gasteiger partial charge in [0.15, 0.2) is 0 Å². The number of aliphatic hydroxyl groups is 2. The molecule has 3 N–H and O–H groups in total. The summed E-state index contributed by atoms with van der Waals surface area (Å²) in [4.78, 5) is 14.5. The van der Waals surface area contributed by atoms with E-state index in [1.807, 2.05) is 0 Å². The molecule has 2 unspecified atom stereocenters. The number of nitrogens with zero attached hydrogens (tertiary/aromatic N) is 1. The number of carbonyl (C=O) groups is 1. The molecule has 0 radical (unpaired) electrons. The molecule has 0 saturated carbocycles. The van der Waals surface area contributed by atoms with Gasteiger partial charge in [0.05, 0.1) is 6.10 Å². The van der Waals surface area contributed by atoms with Gasteiger partial charge in [-0.3, -0.25) is 4.79 Å². The first-order chi connectivity index (χ1) is 8.41. The highest BCUT2D eigenvalue weighted by Crippen LogP contribution is 2.27. The van der Waals surface area contributed by atoms with E-state index in [0.29, 0.717) is 16.6 Å². The van der Waals surface area contributed by atoms with E-state index in [-0.39, 0.29) is 17.5 Å². The van der Waals surface area contributed by atoms with Gasteiger partial charge < -0.3 is 15.5 Å². The fraction of sp³-hybridized carbons (Fsp3) is 0.455. The summed E-state index contributed by atoms with van der Waals surface area (Å²) in [7, 11) is 0. The molecule has 0 spiro atoms. The number of nitrogens with one attached hydrogen (secondary N) is 1. The lowest BCUT2D eigenvalue weighted by molar-refractivity contribution is -0.119. The van der Waals surface area contributed by atoms with E-state index >= 15 is 0 Å². The molecule has 0 saturated heterocycles. The molecule has 1 heterocycles. The Morgan fingerprint density at radius 3 is 2.89 bits per heavy atom. The van der Waals surface area contributed by atoms with Gasteiger partial charge in [-0.2, -0.15) is 0 Å². The van der Waals surface area contributed by atoms with Crippen LogP contribution < -0.4 is 5.32 Å². The summed E-state index contributed by atoms with van der Waals surface area (Å²) in [5.74, 6) is -0.176. The summed E-state index contributed by atoms with van der Waals surface area (Å²) < 4.78 is 0.568. The number of halogens is 2.